The molecule has 18 heavy (non-hydrogen) atoms. The summed E-state index contributed by atoms with van der Waals surface area (Å²) in [6, 6.07) is 1.95. The SMILES string of the molecule is CCN(CC(F)(F)F)c1cc([N+](=O)[O-])cc(N)n1. The Balaban J connectivity index is 3.09. The number of pyridine rings is 1. The smallest absolute Gasteiger partial charge is 0.383 e. The minimum atomic E-state index is -4.42. The topological polar surface area (TPSA) is 85.3 Å². The molecular formula is C9H11F3N4O2. The van der Waals surface area contributed by atoms with Crippen LogP contribution in [0.2, 0.25) is 0 Å². The Labute approximate surface area is 100 Å². The first-order chi connectivity index (χ1) is 8.23. The molecule has 0 amide bonds. The molecule has 0 saturated carbocycles. The molecule has 0 fully saturated rings. The fourth-order valence-corrected chi connectivity index (χ4v) is 1.36. The van der Waals surface area contributed by atoms with Crippen LogP contribution in [0.5, 0.6) is 0 Å². The molecule has 0 bridgehead atoms. The highest BCUT2D eigenvalue weighted by atomic mass is 19.4. The molecule has 0 saturated heterocycles. The van der Waals surface area contributed by atoms with Crippen molar-refractivity contribution >= 4 is 17.3 Å². The van der Waals surface area contributed by atoms with E-state index < -0.39 is 23.3 Å². The minimum absolute atomic E-state index is 0.00706. The molecule has 100 valence electrons. The molecule has 1 rings (SSSR count). The number of anilines is 2. The molecule has 0 aromatic carbocycles. The van der Waals surface area contributed by atoms with E-state index in [-0.39, 0.29) is 18.2 Å². The molecule has 0 aliphatic carbocycles. The van der Waals surface area contributed by atoms with Crippen LogP contribution >= 0.6 is 0 Å². The van der Waals surface area contributed by atoms with E-state index in [9.17, 15) is 23.3 Å². The van der Waals surface area contributed by atoms with Gasteiger partial charge in [0.15, 0.2) is 0 Å². The zero-order valence-corrected chi connectivity index (χ0v) is 9.44. The van der Waals surface area contributed by atoms with Crippen molar-refractivity contribution in [3.63, 3.8) is 0 Å². The van der Waals surface area contributed by atoms with Crippen molar-refractivity contribution in [1.29, 1.82) is 0 Å². The maximum atomic E-state index is 12.3. The fourth-order valence-electron chi connectivity index (χ4n) is 1.36. The van der Waals surface area contributed by atoms with Gasteiger partial charge in [0.2, 0.25) is 0 Å². The van der Waals surface area contributed by atoms with E-state index in [4.69, 9.17) is 5.73 Å². The highest BCUT2D eigenvalue weighted by Gasteiger charge is 2.31. The van der Waals surface area contributed by atoms with Gasteiger partial charge in [-0.05, 0) is 6.92 Å². The summed E-state index contributed by atoms with van der Waals surface area (Å²) in [5.41, 5.74) is 4.94. The van der Waals surface area contributed by atoms with Crippen molar-refractivity contribution < 1.29 is 18.1 Å². The summed E-state index contributed by atoms with van der Waals surface area (Å²) >= 11 is 0. The van der Waals surface area contributed by atoms with Gasteiger partial charge in [0.1, 0.15) is 18.2 Å². The van der Waals surface area contributed by atoms with Crippen LogP contribution in [0.3, 0.4) is 0 Å². The van der Waals surface area contributed by atoms with Gasteiger partial charge in [-0.25, -0.2) is 4.98 Å². The number of nitro groups is 1. The molecule has 1 aromatic rings. The third kappa shape index (κ3) is 3.75. The molecule has 0 atom stereocenters. The zero-order valence-electron chi connectivity index (χ0n) is 9.44. The summed E-state index contributed by atoms with van der Waals surface area (Å²) in [4.78, 5) is 14.4. The van der Waals surface area contributed by atoms with Gasteiger partial charge in [-0.1, -0.05) is 0 Å². The van der Waals surface area contributed by atoms with E-state index >= 15 is 0 Å². The average molecular weight is 264 g/mol. The van der Waals surface area contributed by atoms with Crippen LogP contribution in [0.4, 0.5) is 30.5 Å². The van der Waals surface area contributed by atoms with Crippen molar-refractivity contribution in [2.45, 2.75) is 13.1 Å². The third-order valence-corrected chi connectivity index (χ3v) is 2.10. The maximum absolute atomic E-state index is 12.3. The molecule has 1 aromatic heterocycles. The summed E-state index contributed by atoms with van der Waals surface area (Å²) in [5, 5.41) is 10.6. The second kappa shape index (κ2) is 5.07. The number of hydrogen-bond donors (Lipinski definition) is 1. The number of alkyl halides is 3. The Morgan fingerprint density at radius 3 is 2.56 bits per heavy atom. The highest BCUT2D eigenvalue weighted by molar-refractivity contribution is 5.54. The predicted octanol–water partition coefficient (Wildman–Crippen LogP) is 1.96. The van der Waals surface area contributed by atoms with E-state index in [0.717, 1.165) is 17.0 Å². The van der Waals surface area contributed by atoms with E-state index in [2.05, 4.69) is 4.98 Å². The number of nitrogens with two attached hydrogens (primary N) is 1. The number of aromatic nitrogens is 1. The van der Waals surface area contributed by atoms with Crippen molar-refractivity contribution in [3.8, 4) is 0 Å². The Hall–Kier alpha value is -2.06. The Bertz CT molecular complexity index is 450. The lowest BCUT2D eigenvalue weighted by atomic mass is 10.3. The van der Waals surface area contributed by atoms with Crippen LogP contribution in [0.1, 0.15) is 6.92 Å². The fraction of sp³-hybridized carbons (Fsp3) is 0.444. The van der Waals surface area contributed by atoms with E-state index in [0.29, 0.717) is 0 Å². The van der Waals surface area contributed by atoms with Crippen molar-refractivity contribution in [2.75, 3.05) is 23.7 Å². The first-order valence-electron chi connectivity index (χ1n) is 4.96. The second-order valence-electron chi connectivity index (χ2n) is 3.49. The van der Waals surface area contributed by atoms with Crippen LogP contribution in [-0.2, 0) is 0 Å². The van der Waals surface area contributed by atoms with Crippen molar-refractivity contribution in [2.24, 2.45) is 0 Å². The Morgan fingerprint density at radius 1 is 1.50 bits per heavy atom. The van der Waals surface area contributed by atoms with Crippen LogP contribution in [0, 0.1) is 10.1 Å². The first kappa shape index (κ1) is 14.0. The summed E-state index contributed by atoms with van der Waals surface area (Å²) < 4.78 is 36.9. The number of hydrogen-bond acceptors (Lipinski definition) is 5. The second-order valence-corrected chi connectivity index (χ2v) is 3.49. The van der Waals surface area contributed by atoms with Gasteiger partial charge in [0.05, 0.1) is 17.1 Å². The molecule has 0 radical (unpaired) electrons. The van der Waals surface area contributed by atoms with Crippen molar-refractivity contribution in [3.05, 3.63) is 22.2 Å². The molecule has 0 aliphatic rings. The number of rotatable bonds is 4. The number of halogens is 3. The molecule has 9 heteroatoms. The van der Waals surface area contributed by atoms with E-state index in [1.54, 1.807) is 0 Å². The lowest BCUT2D eigenvalue weighted by Gasteiger charge is -2.23. The van der Waals surface area contributed by atoms with Crippen LogP contribution in [0.15, 0.2) is 12.1 Å². The minimum Gasteiger partial charge on any atom is -0.383 e. The third-order valence-electron chi connectivity index (χ3n) is 2.10. The predicted molar refractivity (Wildman–Crippen MR) is 59.2 cm³/mol. The number of nitrogens with zero attached hydrogens (tertiary/aromatic N) is 3. The van der Waals surface area contributed by atoms with Crippen LogP contribution in [-0.4, -0.2) is 29.2 Å². The van der Waals surface area contributed by atoms with Gasteiger partial charge in [0, 0.05) is 6.54 Å². The summed E-state index contributed by atoms with van der Waals surface area (Å²) in [7, 11) is 0. The van der Waals surface area contributed by atoms with E-state index in [1.165, 1.54) is 6.92 Å². The van der Waals surface area contributed by atoms with Crippen molar-refractivity contribution in [1.82, 2.24) is 4.98 Å². The lowest BCUT2D eigenvalue weighted by molar-refractivity contribution is -0.384. The summed E-state index contributed by atoms with van der Waals surface area (Å²) in [6.07, 6.45) is -4.42. The highest BCUT2D eigenvalue weighted by Crippen LogP contribution is 2.25. The van der Waals surface area contributed by atoms with Crippen LogP contribution in [0.25, 0.3) is 0 Å². The van der Waals surface area contributed by atoms with Gasteiger partial charge in [-0.2, -0.15) is 13.2 Å². The van der Waals surface area contributed by atoms with Crippen LogP contribution < -0.4 is 10.6 Å². The molecule has 1 heterocycles. The maximum Gasteiger partial charge on any atom is 0.405 e. The van der Waals surface area contributed by atoms with E-state index in [1.807, 2.05) is 0 Å². The quantitative estimate of drug-likeness (QED) is 0.663. The van der Waals surface area contributed by atoms with Gasteiger partial charge in [-0.15, -0.1) is 0 Å². The zero-order chi connectivity index (χ0) is 13.9. The summed E-state index contributed by atoms with van der Waals surface area (Å²) in [6.45, 7) is 0.257. The largest absolute Gasteiger partial charge is 0.405 e. The monoisotopic (exact) mass is 264 g/mol. The average Bonchev–Trinajstić information content (AvgIpc) is 2.23. The molecule has 2 N–H and O–H groups in total. The molecule has 0 aliphatic heterocycles. The van der Waals surface area contributed by atoms with Gasteiger partial charge < -0.3 is 10.6 Å². The number of nitrogen functional groups attached to an aromatic ring is 1. The van der Waals surface area contributed by atoms with Gasteiger partial charge >= 0.3 is 6.18 Å². The molecule has 0 unspecified atom stereocenters. The molecule has 6 nitrogen and oxygen atoms in total. The lowest BCUT2D eigenvalue weighted by Crippen LogP contribution is -2.34. The summed E-state index contributed by atoms with van der Waals surface area (Å²) in [5.74, 6) is -0.360. The first-order valence-corrected chi connectivity index (χ1v) is 4.96. The Kier molecular flexibility index (Phi) is 3.94. The standard InChI is InChI=1S/C9H11F3N4O2/c1-2-15(5-9(10,11)12)8-4-6(16(17)18)3-7(13)14-8/h3-4H,2,5H2,1H3,(H2,13,14). The molecular weight excluding hydrogens is 253 g/mol. The van der Waals surface area contributed by atoms with Gasteiger partial charge in [0.25, 0.3) is 5.69 Å². The normalized spacial score (nSPS) is 11.3. The Morgan fingerprint density at radius 2 is 2.11 bits per heavy atom. The van der Waals surface area contributed by atoms with Gasteiger partial charge in [-0.3, -0.25) is 10.1 Å². The molecule has 0 spiro atoms.